The Hall–Kier alpha value is -3.50. The molecule has 3 heterocycles. The van der Waals surface area contributed by atoms with E-state index >= 15 is 0 Å². The molecule has 1 fully saturated rings. The number of nitrogens with zero attached hydrogens (tertiary/aromatic N) is 5. The number of non-ortho nitro benzene ring substituents is 1. The summed E-state index contributed by atoms with van der Waals surface area (Å²) in [5.74, 6) is 0.565. The smallest absolute Gasteiger partial charge is 0.271 e. The molecular formula is C25H30N6O3S. The van der Waals surface area contributed by atoms with E-state index in [4.69, 9.17) is 17.0 Å². The van der Waals surface area contributed by atoms with E-state index in [2.05, 4.69) is 26.2 Å². The molecule has 1 aliphatic heterocycles. The molecular weight excluding hydrogens is 464 g/mol. The van der Waals surface area contributed by atoms with Gasteiger partial charge in [-0.15, -0.1) is 0 Å². The van der Waals surface area contributed by atoms with Gasteiger partial charge in [0.1, 0.15) is 5.75 Å². The largest absolute Gasteiger partial charge is 0.495 e. The number of aryl methyl sites for hydroxylation is 1. The highest BCUT2D eigenvalue weighted by Crippen LogP contribution is 2.42. The van der Waals surface area contributed by atoms with E-state index in [-0.39, 0.29) is 17.8 Å². The van der Waals surface area contributed by atoms with Crippen LogP contribution in [0.25, 0.3) is 5.69 Å². The molecule has 9 nitrogen and oxygen atoms in total. The van der Waals surface area contributed by atoms with Crippen LogP contribution in [-0.2, 0) is 0 Å². The summed E-state index contributed by atoms with van der Waals surface area (Å²) < 4.78 is 7.59. The fraction of sp³-hybridized carbons (Fsp3) is 0.360. The number of nitro benzene ring substituents is 1. The van der Waals surface area contributed by atoms with Gasteiger partial charge in [0.15, 0.2) is 5.11 Å². The summed E-state index contributed by atoms with van der Waals surface area (Å²) in [6.07, 6.45) is 1.79. The summed E-state index contributed by atoms with van der Waals surface area (Å²) >= 11 is 5.78. The van der Waals surface area contributed by atoms with Crippen molar-refractivity contribution in [2.24, 2.45) is 0 Å². The number of hydrogen-bond acceptors (Lipinski definition) is 6. The standard InChI is InChI=1S/C25H30N6O3S/c1-16-14-19(17(2)30(16)21-15-18(31(32)33)9-10-22(21)34-5)24-23(20-8-6-7-11-26-20)27-25(35)29(24)13-12-28(3)4/h6-11,14-15,23-24H,12-13H2,1-5H3,(H,27,35)/t23-,24-/m0/s1. The highest BCUT2D eigenvalue weighted by Gasteiger charge is 2.41. The van der Waals surface area contributed by atoms with Gasteiger partial charge in [-0.1, -0.05) is 6.07 Å². The quantitative estimate of drug-likeness (QED) is 0.286. The first kappa shape index (κ1) is 24.6. The van der Waals surface area contributed by atoms with Crippen LogP contribution in [0, 0.1) is 24.0 Å². The number of likely N-dealkylation sites (N-methyl/N-ethyl adjacent to an activating group) is 1. The molecule has 184 valence electrons. The Morgan fingerprint density at radius 3 is 2.63 bits per heavy atom. The molecule has 4 rings (SSSR count). The summed E-state index contributed by atoms with van der Waals surface area (Å²) in [5, 5.41) is 15.7. The van der Waals surface area contributed by atoms with Crippen molar-refractivity contribution in [1.82, 2.24) is 24.7 Å². The number of benzene rings is 1. The average Bonchev–Trinajstić information content (AvgIpc) is 3.32. The number of rotatable bonds is 8. The summed E-state index contributed by atoms with van der Waals surface area (Å²) in [7, 11) is 5.65. The van der Waals surface area contributed by atoms with Crippen LogP contribution < -0.4 is 10.1 Å². The fourth-order valence-electron chi connectivity index (χ4n) is 4.72. The van der Waals surface area contributed by atoms with Crippen molar-refractivity contribution >= 4 is 23.0 Å². The number of aromatic nitrogens is 2. The Balaban J connectivity index is 1.86. The van der Waals surface area contributed by atoms with E-state index in [1.165, 1.54) is 6.07 Å². The third-order valence-electron chi connectivity index (χ3n) is 6.39. The third-order valence-corrected chi connectivity index (χ3v) is 6.74. The number of ether oxygens (including phenoxy) is 1. The lowest BCUT2D eigenvalue weighted by Gasteiger charge is -2.29. The maximum absolute atomic E-state index is 11.5. The maximum atomic E-state index is 11.5. The Morgan fingerprint density at radius 1 is 1.23 bits per heavy atom. The van der Waals surface area contributed by atoms with Gasteiger partial charge < -0.3 is 24.4 Å². The Labute approximate surface area is 210 Å². The summed E-state index contributed by atoms with van der Waals surface area (Å²) in [5.41, 5.74) is 4.54. The molecule has 3 aromatic rings. The fourth-order valence-corrected chi connectivity index (χ4v) is 5.05. The maximum Gasteiger partial charge on any atom is 0.271 e. The van der Waals surface area contributed by atoms with Crippen molar-refractivity contribution < 1.29 is 9.66 Å². The summed E-state index contributed by atoms with van der Waals surface area (Å²) in [6, 6.07) is 12.4. The first-order valence-electron chi connectivity index (χ1n) is 11.4. The van der Waals surface area contributed by atoms with Gasteiger partial charge in [0.25, 0.3) is 5.69 Å². The normalized spacial score (nSPS) is 17.7. The van der Waals surface area contributed by atoms with E-state index in [9.17, 15) is 10.1 Å². The second-order valence-corrected chi connectivity index (χ2v) is 9.29. The molecule has 1 aliphatic rings. The Bertz CT molecular complexity index is 1240. The highest BCUT2D eigenvalue weighted by atomic mass is 32.1. The van der Waals surface area contributed by atoms with Crippen molar-refractivity contribution in [3.8, 4) is 11.4 Å². The molecule has 0 saturated carbocycles. The van der Waals surface area contributed by atoms with Crippen LogP contribution in [0.4, 0.5) is 5.69 Å². The zero-order chi connectivity index (χ0) is 25.3. The van der Waals surface area contributed by atoms with Crippen LogP contribution in [0.1, 0.15) is 34.7 Å². The molecule has 0 unspecified atom stereocenters. The number of thiocarbonyl (C=S) groups is 1. The van der Waals surface area contributed by atoms with Gasteiger partial charge in [0, 0.05) is 42.8 Å². The van der Waals surface area contributed by atoms with Gasteiger partial charge in [0.2, 0.25) is 0 Å². The molecule has 35 heavy (non-hydrogen) atoms. The van der Waals surface area contributed by atoms with E-state index in [1.54, 1.807) is 25.4 Å². The van der Waals surface area contributed by atoms with Crippen molar-refractivity contribution in [2.45, 2.75) is 25.9 Å². The van der Waals surface area contributed by atoms with Gasteiger partial charge in [-0.25, -0.2) is 0 Å². The first-order chi connectivity index (χ1) is 16.7. The lowest BCUT2D eigenvalue weighted by atomic mass is 9.96. The Morgan fingerprint density at radius 2 is 2.00 bits per heavy atom. The zero-order valence-electron chi connectivity index (χ0n) is 20.6. The minimum atomic E-state index is -0.391. The lowest BCUT2D eigenvalue weighted by molar-refractivity contribution is -0.384. The van der Waals surface area contributed by atoms with E-state index in [1.807, 2.05) is 50.7 Å². The van der Waals surface area contributed by atoms with Crippen molar-refractivity contribution in [3.63, 3.8) is 0 Å². The summed E-state index contributed by atoms with van der Waals surface area (Å²) in [4.78, 5) is 20.1. The van der Waals surface area contributed by atoms with Crippen LogP contribution in [-0.4, -0.2) is 63.7 Å². The SMILES string of the molecule is COc1ccc([N+](=O)[O-])cc1-n1c(C)cc([C@H]2[C@H](c3ccccn3)NC(=S)N2CCN(C)C)c1C. The lowest BCUT2D eigenvalue weighted by Crippen LogP contribution is -2.35. The summed E-state index contributed by atoms with van der Waals surface area (Å²) in [6.45, 7) is 5.61. The van der Waals surface area contributed by atoms with Crippen LogP contribution in [0.3, 0.4) is 0 Å². The van der Waals surface area contributed by atoms with Crippen LogP contribution in [0.2, 0.25) is 0 Å². The number of methoxy groups -OCH3 is 1. The van der Waals surface area contributed by atoms with Gasteiger partial charge in [-0.05, 0) is 70.0 Å². The number of pyridine rings is 1. The van der Waals surface area contributed by atoms with Gasteiger partial charge in [-0.2, -0.15) is 0 Å². The monoisotopic (exact) mass is 494 g/mol. The van der Waals surface area contributed by atoms with E-state index < -0.39 is 4.92 Å². The second-order valence-electron chi connectivity index (χ2n) is 8.90. The predicted molar refractivity (Wildman–Crippen MR) is 139 cm³/mol. The predicted octanol–water partition coefficient (Wildman–Crippen LogP) is 3.94. The van der Waals surface area contributed by atoms with Gasteiger partial charge >= 0.3 is 0 Å². The molecule has 0 bridgehead atoms. The molecule has 2 atom stereocenters. The van der Waals surface area contributed by atoms with Gasteiger partial charge in [-0.3, -0.25) is 15.1 Å². The molecule has 2 aromatic heterocycles. The molecule has 0 spiro atoms. The Kier molecular flexibility index (Phi) is 7.04. The molecule has 0 radical (unpaired) electrons. The molecule has 0 aliphatic carbocycles. The van der Waals surface area contributed by atoms with Crippen LogP contribution in [0.5, 0.6) is 5.75 Å². The van der Waals surface area contributed by atoms with Crippen molar-refractivity contribution in [1.29, 1.82) is 0 Å². The minimum absolute atomic E-state index is 0.0116. The first-order valence-corrected chi connectivity index (χ1v) is 11.8. The van der Waals surface area contributed by atoms with E-state index in [0.717, 1.165) is 35.7 Å². The number of nitrogens with one attached hydrogen (secondary N) is 1. The van der Waals surface area contributed by atoms with Crippen molar-refractivity contribution in [2.75, 3.05) is 34.3 Å². The second kappa shape index (κ2) is 10.0. The van der Waals surface area contributed by atoms with Gasteiger partial charge in [0.05, 0.1) is 35.5 Å². The molecule has 0 amide bonds. The molecule has 1 aromatic carbocycles. The molecule has 1 N–H and O–H groups in total. The van der Waals surface area contributed by atoms with E-state index in [0.29, 0.717) is 16.5 Å². The minimum Gasteiger partial charge on any atom is -0.495 e. The van der Waals surface area contributed by atoms with Crippen LogP contribution in [0.15, 0.2) is 48.7 Å². The molecule has 1 saturated heterocycles. The average molecular weight is 495 g/mol. The number of nitro groups is 1. The third kappa shape index (κ3) is 4.71. The topological polar surface area (TPSA) is 88.7 Å². The van der Waals surface area contributed by atoms with Crippen LogP contribution >= 0.6 is 12.2 Å². The number of hydrogen-bond donors (Lipinski definition) is 1. The van der Waals surface area contributed by atoms with Crippen molar-refractivity contribution in [3.05, 3.63) is 81.4 Å². The molecule has 10 heteroatoms. The zero-order valence-corrected chi connectivity index (χ0v) is 21.4. The highest BCUT2D eigenvalue weighted by molar-refractivity contribution is 7.80.